The number of nitrogens with zero attached hydrogens (tertiary/aromatic N) is 1. The Hall–Kier alpha value is -3.06. The fourth-order valence-corrected chi connectivity index (χ4v) is 3.67. The maximum atomic E-state index is 13.7. The SMILES string of the molecule is O=C(NCc1cccc2ccccc12)Nc1nc2c(F)cc(F)cc2s1. The van der Waals surface area contributed by atoms with Crippen molar-refractivity contribution in [3.8, 4) is 0 Å². The molecule has 0 spiro atoms. The molecule has 7 heteroatoms. The number of halogens is 2. The lowest BCUT2D eigenvalue weighted by Gasteiger charge is -2.08. The van der Waals surface area contributed by atoms with E-state index < -0.39 is 17.7 Å². The van der Waals surface area contributed by atoms with E-state index in [0.717, 1.165) is 33.7 Å². The molecule has 4 rings (SSSR count). The van der Waals surface area contributed by atoms with Crippen molar-refractivity contribution in [2.24, 2.45) is 0 Å². The van der Waals surface area contributed by atoms with Gasteiger partial charge in [-0.15, -0.1) is 0 Å². The molecule has 0 unspecified atom stereocenters. The molecule has 0 aliphatic rings. The van der Waals surface area contributed by atoms with Crippen LogP contribution in [0.4, 0.5) is 18.7 Å². The average molecular weight is 369 g/mol. The molecule has 3 aromatic carbocycles. The highest BCUT2D eigenvalue weighted by molar-refractivity contribution is 7.22. The monoisotopic (exact) mass is 369 g/mol. The molecule has 0 aliphatic carbocycles. The number of thiazole rings is 1. The van der Waals surface area contributed by atoms with Gasteiger partial charge in [-0.05, 0) is 22.4 Å². The minimum Gasteiger partial charge on any atom is -0.334 e. The van der Waals surface area contributed by atoms with Crippen LogP contribution in [0.2, 0.25) is 0 Å². The first-order chi connectivity index (χ1) is 12.6. The van der Waals surface area contributed by atoms with Crippen LogP contribution in [0.3, 0.4) is 0 Å². The second-order valence-electron chi connectivity index (χ2n) is 5.70. The maximum absolute atomic E-state index is 13.7. The molecule has 1 aromatic heterocycles. The van der Waals surface area contributed by atoms with Crippen LogP contribution in [0.5, 0.6) is 0 Å². The smallest absolute Gasteiger partial charge is 0.321 e. The maximum Gasteiger partial charge on any atom is 0.321 e. The van der Waals surface area contributed by atoms with Gasteiger partial charge >= 0.3 is 6.03 Å². The Labute approximate surface area is 151 Å². The zero-order valence-electron chi connectivity index (χ0n) is 13.4. The summed E-state index contributed by atoms with van der Waals surface area (Å²) < 4.78 is 27.3. The predicted molar refractivity (Wildman–Crippen MR) is 99.3 cm³/mol. The number of anilines is 1. The van der Waals surface area contributed by atoms with Crippen LogP contribution >= 0.6 is 11.3 Å². The summed E-state index contributed by atoms with van der Waals surface area (Å²) >= 11 is 1.02. The zero-order valence-corrected chi connectivity index (χ0v) is 14.2. The number of benzene rings is 3. The van der Waals surface area contributed by atoms with Gasteiger partial charge in [0.1, 0.15) is 11.3 Å². The van der Waals surface area contributed by atoms with Gasteiger partial charge in [0.15, 0.2) is 10.9 Å². The van der Waals surface area contributed by atoms with Crippen LogP contribution in [0.1, 0.15) is 5.56 Å². The first kappa shape index (κ1) is 16.4. The van der Waals surface area contributed by atoms with E-state index in [1.807, 2.05) is 42.5 Å². The minimum atomic E-state index is -0.750. The number of fused-ring (bicyclic) bond motifs is 2. The van der Waals surface area contributed by atoms with Crippen molar-refractivity contribution < 1.29 is 13.6 Å². The van der Waals surface area contributed by atoms with Gasteiger partial charge in [0.05, 0.1) is 4.70 Å². The molecule has 0 fully saturated rings. The lowest BCUT2D eigenvalue weighted by Crippen LogP contribution is -2.28. The summed E-state index contributed by atoms with van der Waals surface area (Å²) in [6.07, 6.45) is 0. The molecule has 2 amide bonds. The topological polar surface area (TPSA) is 54.0 Å². The van der Waals surface area contributed by atoms with E-state index in [-0.39, 0.29) is 10.6 Å². The lowest BCUT2D eigenvalue weighted by atomic mass is 10.0. The van der Waals surface area contributed by atoms with Crippen molar-refractivity contribution in [2.45, 2.75) is 6.54 Å². The van der Waals surface area contributed by atoms with E-state index in [4.69, 9.17) is 0 Å². The van der Waals surface area contributed by atoms with Gasteiger partial charge in [-0.25, -0.2) is 18.6 Å². The van der Waals surface area contributed by atoms with E-state index in [2.05, 4.69) is 15.6 Å². The molecule has 0 radical (unpaired) electrons. The van der Waals surface area contributed by atoms with Gasteiger partial charge in [-0.3, -0.25) is 5.32 Å². The highest BCUT2D eigenvalue weighted by Crippen LogP contribution is 2.28. The molecule has 4 aromatic rings. The normalized spacial score (nSPS) is 11.0. The Balaban J connectivity index is 1.48. The third kappa shape index (κ3) is 3.21. The molecule has 0 atom stereocenters. The Morgan fingerprint density at radius 2 is 1.88 bits per heavy atom. The van der Waals surface area contributed by atoms with E-state index >= 15 is 0 Å². The molecular formula is C19H13F2N3OS. The number of carbonyl (C=O) groups is 1. The van der Waals surface area contributed by atoms with E-state index in [1.165, 1.54) is 6.07 Å². The molecule has 0 aliphatic heterocycles. The predicted octanol–water partition coefficient (Wildman–Crippen LogP) is 5.05. The molecule has 130 valence electrons. The highest BCUT2D eigenvalue weighted by Gasteiger charge is 2.12. The lowest BCUT2D eigenvalue weighted by molar-refractivity contribution is 0.252. The zero-order chi connectivity index (χ0) is 18.1. The first-order valence-electron chi connectivity index (χ1n) is 7.87. The molecule has 0 bridgehead atoms. The Bertz CT molecular complexity index is 1120. The fraction of sp³-hybridized carbons (Fsp3) is 0.0526. The Kier molecular flexibility index (Phi) is 4.22. The van der Waals surface area contributed by atoms with Crippen molar-refractivity contribution in [1.82, 2.24) is 10.3 Å². The van der Waals surface area contributed by atoms with Crippen molar-refractivity contribution in [1.29, 1.82) is 0 Å². The summed E-state index contributed by atoms with van der Waals surface area (Å²) in [5.41, 5.74) is 1.02. The second-order valence-corrected chi connectivity index (χ2v) is 6.73. The van der Waals surface area contributed by atoms with Crippen LogP contribution in [0.15, 0.2) is 54.6 Å². The highest BCUT2D eigenvalue weighted by atomic mass is 32.1. The molecule has 0 saturated carbocycles. The van der Waals surface area contributed by atoms with Gasteiger partial charge in [-0.2, -0.15) is 0 Å². The van der Waals surface area contributed by atoms with Gasteiger partial charge in [0.25, 0.3) is 0 Å². The third-order valence-corrected chi connectivity index (χ3v) is 4.87. The number of urea groups is 1. The van der Waals surface area contributed by atoms with Gasteiger partial charge in [0.2, 0.25) is 0 Å². The standard InChI is InChI=1S/C19H13F2N3OS/c20-13-8-15(21)17-16(9-13)26-19(23-17)24-18(25)22-10-12-6-3-5-11-4-1-2-7-14(11)12/h1-9H,10H2,(H2,22,23,24,25). The number of rotatable bonds is 3. The minimum absolute atomic E-state index is 0.0424. The summed E-state index contributed by atoms with van der Waals surface area (Å²) in [4.78, 5) is 16.1. The van der Waals surface area contributed by atoms with Crippen LogP contribution in [0, 0.1) is 11.6 Å². The number of hydrogen-bond donors (Lipinski definition) is 2. The summed E-state index contributed by atoms with van der Waals surface area (Å²) in [5.74, 6) is -1.42. The van der Waals surface area contributed by atoms with Gasteiger partial charge < -0.3 is 5.32 Å². The van der Waals surface area contributed by atoms with Crippen molar-refractivity contribution >= 4 is 43.5 Å². The van der Waals surface area contributed by atoms with Crippen molar-refractivity contribution in [3.05, 3.63) is 71.8 Å². The number of carbonyl (C=O) groups excluding carboxylic acids is 1. The van der Waals surface area contributed by atoms with Crippen LogP contribution in [-0.4, -0.2) is 11.0 Å². The second kappa shape index (κ2) is 6.68. The fourth-order valence-electron chi connectivity index (χ4n) is 2.77. The molecule has 2 N–H and O–H groups in total. The number of amides is 2. The largest absolute Gasteiger partial charge is 0.334 e. The molecule has 1 heterocycles. The van der Waals surface area contributed by atoms with E-state index in [9.17, 15) is 13.6 Å². The van der Waals surface area contributed by atoms with Crippen LogP contribution in [0.25, 0.3) is 21.0 Å². The van der Waals surface area contributed by atoms with Crippen LogP contribution in [-0.2, 0) is 6.54 Å². The number of nitrogens with one attached hydrogen (secondary N) is 2. The summed E-state index contributed by atoms with van der Waals surface area (Å²) in [7, 11) is 0. The van der Waals surface area contributed by atoms with Crippen molar-refractivity contribution in [3.63, 3.8) is 0 Å². The third-order valence-electron chi connectivity index (χ3n) is 3.95. The number of hydrogen-bond acceptors (Lipinski definition) is 3. The average Bonchev–Trinajstić information content (AvgIpc) is 3.02. The Morgan fingerprint density at radius 1 is 1.08 bits per heavy atom. The van der Waals surface area contributed by atoms with Gasteiger partial charge in [0, 0.05) is 12.6 Å². The summed E-state index contributed by atoms with van der Waals surface area (Å²) in [6.45, 7) is 0.334. The van der Waals surface area contributed by atoms with Crippen LogP contribution < -0.4 is 10.6 Å². The molecule has 4 nitrogen and oxygen atoms in total. The quantitative estimate of drug-likeness (QED) is 0.531. The molecular weight excluding hydrogens is 356 g/mol. The first-order valence-corrected chi connectivity index (χ1v) is 8.69. The summed E-state index contributed by atoms with van der Waals surface area (Å²) in [6, 6.07) is 15.3. The van der Waals surface area contributed by atoms with Gasteiger partial charge in [-0.1, -0.05) is 53.8 Å². The summed E-state index contributed by atoms with van der Waals surface area (Å²) in [5, 5.41) is 7.69. The molecule has 26 heavy (non-hydrogen) atoms. The van der Waals surface area contributed by atoms with E-state index in [0.29, 0.717) is 11.2 Å². The number of aromatic nitrogens is 1. The van der Waals surface area contributed by atoms with E-state index in [1.54, 1.807) is 0 Å². The molecule has 0 saturated heterocycles. The Morgan fingerprint density at radius 3 is 2.77 bits per heavy atom. The van der Waals surface area contributed by atoms with Crippen molar-refractivity contribution in [2.75, 3.05) is 5.32 Å².